The van der Waals surface area contributed by atoms with Gasteiger partial charge >= 0.3 is 0 Å². The van der Waals surface area contributed by atoms with Gasteiger partial charge in [0.15, 0.2) is 0 Å². The molecule has 2 aromatic rings. The lowest BCUT2D eigenvalue weighted by Gasteiger charge is -2.26. The molecule has 28 heavy (non-hydrogen) atoms. The third-order valence-electron chi connectivity index (χ3n) is 4.58. The Labute approximate surface area is 165 Å². The van der Waals surface area contributed by atoms with Crippen molar-refractivity contribution in [1.82, 2.24) is 9.62 Å². The van der Waals surface area contributed by atoms with Crippen molar-refractivity contribution in [3.63, 3.8) is 0 Å². The zero-order chi connectivity index (χ0) is 20.0. The molecule has 0 saturated carbocycles. The van der Waals surface area contributed by atoms with Crippen LogP contribution < -0.4 is 5.32 Å². The average molecular weight is 404 g/mol. The van der Waals surface area contributed by atoms with Crippen molar-refractivity contribution >= 4 is 15.9 Å². The maximum Gasteiger partial charge on any atom is 0.251 e. The molecule has 8 heteroatoms. The number of rotatable bonds is 7. The molecule has 0 unspecified atom stereocenters. The van der Waals surface area contributed by atoms with E-state index in [0.717, 1.165) is 11.1 Å². The van der Waals surface area contributed by atoms with Crippen molar-refractivity contribution in [2.75, 3.05) is 33.4 Å². The first-order valence-corrected chi connectivity index (χ1v) is 10.5. The van der Waals surface area contributed by atoms with E-state index in [0.29, 0.717) is 45.0 Å². The normalized spacial score (nSPS) is 15.3. The van der Waals surface area contributed by atoms with E-state index in [2.05, 4.69) is 5.32 Å². The molecule has 1 heterocycles. The van der Waals surface area contributed by atoms with E-state index in [4.69, 9.17) is 9.47 Å². The van der Waals surface area contributed by atoms with Crippen LogP contribution in [0.1, 0.15) is 21.5 Å². The fourth-order valence-electron chi connectivity index (χ4n) is 3.02. The van der Waals surface area contributed by atoms with Gasteiger partial charge in [0.1, 0.15) is 0 Å². The Morgan fingerprint density at radius 1 is 1.07 bits per heavy atom. The summed E-state index contributed by atoms with van der Waals surface area (Å²) in [6.07, 6.45) is 0. The monoisotopic (exact) mass is 404 g/mol. The standard InChI is InChI=1S/C20H24N2O5S/c1-26-15-18-5-3-2-4-17(18)14-21-20(23)16-6-8-19(9-7-16)28(24,25)22-10-12-27-13-11-22/h2-9H,10-15H2,1H3,(H,21,23). The number of morpholine rings is 1. The van der Waals surface area contributed by atoms with E-state index in [-0.39, 0.29) is 10.8 Å². The first-order chi connectivity index (χ1) is 13.5. The molecular weight excluding hydrogens is 380 g/mol. The zero-order valence-corrected chi connectivity index (χ0v) is 16.6. The molecule has 0 bridgehead atoms. The second-order valence-electron chi connectivity index (χ2n) is 6.43. The number of hydrogen-bond acceptors (Lipinski definition) is 5. The molecule has 0 atom stereocenters. The number of carbonyl (C=O) groups is 1. The van der Waals surface area contributed by atoms with Gasteiger partial charge in [-0.25, -0.2) is 8.42 Å². The summed E-state index contributed by atoms with van der Waals surface area (Å²) in [6.45, 7) is 2.30. The second-order valence-corrected chi connectivity index (χ2v) is 8.36. The Bertz CT molecular complexity index is 906. The van der Waals surface area contributed by atoms with Crippen molar-refractivity contribution < 1.29 is 22.7 Å². The topological polar surface area (TPSA) is 84.9 Å². The maximum atomic E-state index is 12.6. The van der Waals surface area contributed by atoms with Crippen LogP contribution in [-0.2, 0) is 32.6 Å². The van der Waals surface area contributed by atoms with Gasteiger partial charge in [-0.15, -0.1) is 0 Å². The Balaban J connectivity index is 1.65. The van der Waals surface area contributed by atoms with Gasteiger partial charge in [0.05, 0.1) is 24.7 Å². The van der Waals surface area contributed by atoms with Crippen LogP contribution >= 0.6 is 0 Å². The average Bonchev–Trinajstić information content (AvgIpc) is 2.74. The summed E-state index contributed by atoms with van der Waals surface area (Å²) in [7, 11) is -1.94. The summed E-state index contributed by atoms with van der Waals surface area (Å²) in [5.74, 6) is -0.262. The summed E-state index contributed by atoms with van der Waals surface area (Å²) in [6, 6.07) is 13.7. The summed E-state index contributed by atoms with van der Waals surface area (Å²) in [5, 5.41) is 2.86. The summed E-state index contributed by atoms with van der Waals surface area (Å²) < 4.78 is 37.0. The molecule has 0 aromatic heterocycles. The minimum absolute atomic E-state index is 0.177. The lowest BCUT2D eigenvalue weighted by Crippen LogP contribution is -2.40. The molecule has 0 spiro atoms. The number of methoxy groups -OCH3 is 1. The number of carbonyl (C=O) groups excluding carboxylic acids is 1. The van der Waals surface area contributed by atoms with Gasteiger partial charge in [0, 0.05) is 32.3 Å². The molecule has 1 aliphatic heterocycles. The molecular formula is C20H24N2O5S. The molecule has 1 fully saturated rings. The van der Waals surface area contributed by atoms with E-state index in [9.17, 15) is 13.2 Å². The highest BCUT2D eigenvalue weighted by Crippen LogP contribution is 2.18. The largest absolute Gasteiger partial charge is 0.380 e. The number of amides is 1. The Morgan fingerprint density at radius 2 is 1.71 bits per heavy atom. The molecule has 1 amide bonds. The van der Waals surface area contributed by atoms with Crippen LogP contribution in [0.2, 0.25) is 0 Å². The highest BCUT2D eigenvalue weighted by Gasteiger charge is 2.26. The van der Waals surface area contributed by atoms with Crippen molar-refractivity contribution in [1.29, 1.82) is 0 Å². The molecule has 0 radical (unpaired) electrons. The first kappa shape index (κ1) is 20.5. The smallest absolute Gasteiger partial charge is 0.251 e. The minimum Gasteiger partial charge on any atom is -0.380 e. The molecule has 150 valence electrons. The fourth-order valence-corrected chi connectivity index (χ4v) is 4.43. The molecule has 2 aromatic carbocycles. The number of sulfonamides is 1. The predicted molar refractivity (Wildman–Crippen MR) is 104 cm³/mol. The molecule has 1 saturated heterocycles. The summed E-state index contributed by atoms with van der Waals surface area (Å²) >= 11 is 0. The van der Waals surface area contributed by atoms with Crippen LogP contribution in [0.3, 0.4) is 0 Å². The summed E-state index contributed by atoms with van der Waals surface area (Å²) in [5.41, 5.74) is 2.40. The lowest BCUT2D eigenvalue weighted by molar-refractivity contribution is 0.0730. The number of nitrogens with one attached hydrogen (secondary N) is 1. The zero-order valence-electron chi connectivity index (χ0n) is 15.8. The van der Waals surface area contributed by atoms with Crippen molar-refractivity contribution in [2.45, 2.75) is 18.0 Å². The third kappa shape index (κ3) is 4.77. The number of nitrogens with zero attached hydrogens (tertiary/aromatic N) is 1. The van der Waals surface area contributed by atoms with Gasteiger partial charge in [-0.05, 0) is 35.4 Å². The number of ether oxygens (including phenoxy) is 2. The van der Waals surface area contributed by atoms with E-state index in [1.54, 1.807) is 7.11 Å². The van der Waals surface area contributed by atoms with Crippen molar-refractivity contribution in [2.24, 2.45) is 0 Å². The summed E-state index contributed by atoms with van der Waals surface area (Å²) in [4.78, 5) is 12.6. The van der Waals surface area contributed by atoms with Crippen LogP contribution in [-0.4, -0.2) is 52.0 Å². The van der Waals surface area contributed by atoms with Crippen LogP contribution in [0.4, 0.5) is 0 Å². The third-order valence-corrected chi connectivity index (χ3v) is 6.49. The van der Waals surface area contributed by atoms with Gasteiger partial charge in [-0.1, -0.05) is 24.3 Å². The highest BCUT2D eigenvalue weighted by molar-refractivity contribution is 7.89. The molecule has 1 aliphatic rings. The quantitative estimate of drug-likeness (QED) is 0.760. The second kappa shape index (κ2) is 9.29. The van der Waals surface area contributed by atoms with Crippen LogP contribution in [0, 0.1) is 0 Å². The molecule has 1 N–H and O–H groups in total. The molecule has 0 aliphatic carbocycles. The van der Waals surface area contributed by atoms with Crippen LogP contribution in [0.5, 0.6) is 0 Å². The maximum absolute atomic E-state index is 12.6. The van der Waals surface area contributed by atoms with Crippen LogP contribution in [0.15, 0.2) is 53.4 Å². The predicted octanol–water partition coefficient (Wildman–Crippen LogP) is 1.78. The Morgan fingerprint density at radius 3 is 2.36 bits per heavy atom. The van der Waals surface area contributed by atoms with Crippen molar-refractivity contribution in [3.05, 3.63) is 65.2 Å². The van der Waals surface area contributed by atoms with Gasteiger partial charge < -0.3 is 14.8 Å². The number of benzene rings is 2. The Hall–Kier alpha value is -2.26. The highest BCUT2D eigenvalue weighted by atomic mass is 32.2. The van der Waals surface area contributed by atoms with Gasteiger partial charge in [0.2, 0.25) is 10.0 Å². The van der Waals surface area contributed by atoms with Crippen LogP contribution in [0.25, 0.3) is 0 Å². The van der Waals surface area contributed by atoms with E-state index >= 15 is 0 Å². The Kier molecular flexibility index (Phi) is 6.79. The van der Waals surface area contributed by atoms with E-state index in [1.807, 2.05) is 24.3 Å². The SMILES string of the molecule is COCc1ccccc1CNC(=O)c1ccc(S(=O)(=O)N2CCOCC2)cc1. The fraction of sp³-hybridized carbons (Fsp3) is 0.350. The van der Waals surface area contributed by atoms with E-state index < -0.39 is 10.0 Å². The van der Waals surface area contributed by atoms with E-state index in [1.165, 1.54) is 28.6 Å². The lowest BCUT2D eigenvalue weighted by atomic mass is 10.1. The first-order valence-electron chi connectivity index (χ1n) is 9.04. The number of hydrogen-bond donors (Lipinski definition) is 1. The van der Waals surface area contributed by atoms with Gasteiger partial charge in [0.25, 0.3) is 5.91 Å². The van der Waals surface area contributed by atoms with Crippen molar-refractivity contribution in [3.8, 4) is 0 Å². The molecule has 7 nitrogen and oxygen atoms in total. The van der Waals surface area contributed by atoms with Gasteiger partial charge in [-0.3, -0.25) is 4.79 Å². The molecule has 3 rings (SSSR count). The van der Waals surface area contributed by atoms with Gasteiger partial charge in [-0.2, -0.15) is 4.31 Å². The minimum atomic E-state index is -3.56.